The summed E-state index contributed by atoms with van der Waals surface area (Å²) in [5.74, 6) is 2.56. The third-order valence-electron chi connectivity index (χ3n) is 2.86. The van der Waals surface area contributed by atoms with Crippen molar-refractivity contribution in [1.82, 2.24) is 30.4 Å². The van der Waals surface area contributed by atoms with E-state index in [0.29, 0.717) is 6.54 Å². The minimum Gasteiger partial charge on any atom is -0.354 e. The summed E-state index contributed by atoms with van der Waals surface area (Å²) >= 11 is 3.25. The summed E-state index contributed by atoms with van der Waals surface area (Å²) in [5, 5.41) is 19.4. The lowest BCUT2D eigenvalue weighted by Gasteiger charge is -2.09. The summed E-state index contributed by atoms with van der Waals surface area (Å²) in [4.78, 5) is 12.6. The minimum absolute atomic E-state index is 0.0509. The zero-order valence-electron chi connectivity index (χ0n) is 10.4. The smallest absolute Gasteiger partial charge is 0.238 e. The SMILES string of the molecule is Cc1nnc2sc(CCNC(=O)C3CSCN3)nn12. The van der Waals surface area contributed by atoms with Crippen LogP contribution < -0.4 is 10.6 Å². The van der Waals surface area contributed by atoms with Crippen molar-refractivity contribution in [2.75, 3.05) is 18.2 Å². The first-order valence-corrected chi connectivity index (χ1v) is 7.98. The van der Waals surface area contributed by atoms with E-state index >= 15 is 0 Å². The van der Waals surface area contributed by atoms with E-state index in [1.165, 1.54) is 11.3 Å². The molecule has 0 saturated carbocycles. The van der Waals surface area contributed by atoms with Crippen LogP contribution in [0.2, 0.25) is 0 Å². The van der Waals surface area contributed by atoms with E-state index < -0.39 is 0 Å². The van der Waals surface area contributed by atoms with Crippen LogP contribution in [0.4, 0.5) is 0 Å². The van der Waals surface area contributed by atoms with Crippen LogP contribution in [-0.2, 0) is 11.2 Å². The zero-order chi connectivity index (χ0) is 13.2. The first-order valence-electron chi connectivity index (χ1n) is 6.00. The lowest BCUT2D eigenvalue weighted by molar-refractivity contribution is -0.122. The van der Waals surface area contributed by atoms with Gasteiger partial charge in [-0.05, 0) is 6.92 Å². The molecule has 19 heavy (non-hydrogen) atoms. The number of hydrogen-bond acceptors (Lipinski definition) is 7. The highest BCUT2D eigenvalue weighted by Gasteiger charge is 2.21. The predicted molar refractivity (Wildman–Crippen MR) is 74.4 cm³/mol. The summed E-state index contributed by atoms with van der Waals surface area (Å²) in [6, 6.07) is -0.0509. The fourth-order valence-corrected chi connectivity index (χ4v) is 3.66. The molecule has 1 fully saturated rings. The van der Waals surface area contributed by atoms with Gasteiger partial charge in [0, 0.05) is 24.6 Å². The lowest BCUT2D eigenvalue weighted by Crippen LogP contribution is -2.42. The Hall–Kier alpha value is -1.19. The Bertz CT molecular complexity index is 588. The molecule has 1 atom stereocenters. The number of nitrogens with zero attached hydrogens (tertiary/aromatic N) is 4. The molecule has 0 aromatic carbocycles. The van der Waals surface area contributed by atoms with Crippen LogP contribution in [0.25, 0.3) is 4.96 Å². The van der Waals surface area contributed by atoms with Crippen LogP contribution in [-0.4, -0.2) is 49.9 Å². The van der Waals surface area contributed by atoms with Crippen molar-refractivity contribution < 1.29 is 4.79 Å². The largest absolute Gasteiger partial charge is 0.354 e. The number of aromatic nitrogens is 4. The average Bonchev–Trinajstić information content (AvgIpc) is 3.09. The molecule has 102 valence electrons. The van der Waals surface area contributed by atoms with Gasteiger partial charge in [-0.1, -0.05) is 11.3 Å². The topological polar surface area (TPSA) is 84.2 Å². The molecule has 0 aliphatic carbocycles. The van der Waals surface area contributed by atoms with Gasteiger partial charge in [0.15, 0.2) is 5.82 Å². The molecule has 0 spiro atoms. The van der Waals surface area contributed by atoms with Gasteiger partial charge in [-0.15, -0.1) is 22.0 Å². The number of nitrogens with one attached hydrogen (secondary N) is 2. The highest BCUT2D eigenvalue weighted by Crippen LogP contribution is 2.14. The van der Waals surface area contributed by atoms with Gasteiger partial charge in [-0.3, -0.25) is 10.1 Å². The van der Waals surface area contributed by atoms with Crippen molar-refractivity contribution in [1.29, 1.82) is 0 Å². The maximum absolute atomic E-state index is 11.8. The second-order valence-electron chi connectivity index (χ2n) is 4.25. The fraction of sp³-hybridized carbons (Fsp3) is 0.600. The van der Waals surface area contributed by atoms with Gasteiger partial charge < -0.3 is 5.32 Å². The summed E-state index contributed by atoms with van der Waals surface area (Å²) in [6.07, 6.45) is 0.721. The molecule has 1 saturated heterocycles. The Morgan fingerprint density at radius 3 is 3.21 bits per heavy atom. The Labute approximate surface area is 118 Å². The molecule has 2 aromatic heterocycles. The third kappa shape index (κ3) is 2.72. The van der Waals surface area contributed by atoms with Gasteiger partial charge in [-0.2, -0.15) is 9.61 Å². The van der Waals surface area contributed by atoms with E-state index in [2.05, 4.69) is 25.9 Å². The van der Waals surface area contributed by atoms with Gasteiger partial charge in [0.2, 0.25) is 10.9 Å². The molecule has 3 rings (SSSR count). The van der Waals surface area contributed by atoms with Crippen molar-refractivity contribution >= 4 is 34.0 Å². The zero-order valence-corrected chi connectivity index (χ0v) is 12.1. The molecule has 9 heteroatoms. The van der Waals surface area contributed by atoms with E-state index in [1.807, 2.05) is 6.92 Å². The van der Waals surface area contributed by atoms with Crippen LogP contribution in [0, 0.1) is 6.92 Å². The van der Waals surface area contributed by atoms with E-state index in [9.17, 15) is 4.79 Å². The number of carbonyl (C=O) groups excluding carboxylic acids is 1. The Balaban J connectivity index is 1.52. The Kier molecular flexibility index (Phi) is 3.67. The Morgan fingerprint density at radius 1 is 1.58 bits per heavy atom. The molecule has 2 N–H and O–H groups in total. The van der Waals surface area contributed by atoms with E-state index in [-0.39, 0.29) is 11.9 Å². The molecule has 0 radical (unpaired) electrons. The van der Waals surface area contributed by atoms with E-state index in [0.717, 1.165) is 33.8 Å². The highest BCUT2D eigenvalue weighted by atomic mass is 32.2. The van der Waals surface area contributed by atoms with Gasteiger partial charge in [-0.25, -0.2) is 0 Å². The number of hydrogen-bond donors (Lipinski definition) is 2. The van der Waals surface area contributed by atoms with Crippen LogP contribution in [0.5, 0.6) is 0 Å². The molecule has 1 aliphatic rings. The molecule has 1 unspecified atom stereocenters. The van der Waals surface area contributed by atoms with Crippen molar-refractivity contribution in [3.63, 3.8) is 0 Å². The van der Waals surface area contributed by atoms with Crippen LogP contribution in [0.1, 0.15) is 10.8 Å². The van der Waals surface area contributed by atoms with Crippen LogP contribution in [0.15, 0.2) is 0 Å². The summed E-state index contributed by atoms with van der Waals surface area (Å²) in [6.45, 7) is 2.47. The third-order valence-corrected chi connectivity index (χ3v) is 4.76. The van der Waals surface area contributed by atoms with E-state index in [4.69, 9.17) is 0 Å². The Morgan fingerprint density at radius 2 is 2.47 bits per heavy atom. The standard InChI is InChI=1S/C10H14N6OS2/c1-6-13-14-10-16(6)15-8(19-10)2-3-11-9(17)7-4-18-5-12-7/h7,12H,2-5H2,1H3,(H,11,17). The number of fused-ring (bicyclic) bond motifs is 1. The lowest BCUT2D eigenvalue weighted by atomic mass is 10.3. The number of carbonyl (C=O) groups is 1. The average molecular weight is 298 g/mol. The van der Waals surface area contributed by atoms with Crippen LogP contribution >= 0.6 is 23.1 Å². The molecular formula is C10H14N6OS2. The summed E-state index contributed by atoms with van der Waals surface area (Å²) < 4.78 is 1.73. The normalized spacial score (nSPS) is 19.1. The van der Waals surface area contributed by atoms with Crippen molar-refractivity contribution in [2.45, 2.75) is 19.4 Å². The van der Waals surface area contributed by atoms with Gasteiger partial charge in [0.25, 0.3) is 0 Å². The molecule has 1 amide bonds. The molecule has 0 bridgehead atoms. The molecule has 1 aliphatic heterocycles. The maximum Gasteiger partial charge on any atom is 0.238 e. The molecule has 2 aromatic rings. The van der Waals surface area contributed by atoms with Crippen molar-refractivity contribution in [3.05, 3.63) is 10.8 Å². The first kappa shape index (κ1) is 12.8. The molecular weight excluding hydrogens is 284 g/mol. The van der Waals surface area contributed by atoms with Gasteiger partial charge in [0.05, 0.1) is 6.04 Å². The van der Waals surface area contributed by atoms with Crippen molar-refractivity contribution in [2.24, 2.45) is 0 Å². The molecule has 3 heterocycles. The van der Waals surface area contributed by atoms with E-state index in [1.54, 1.807) is 16.3 Å². The number of aryl methyl sites for hydroxylation is 1. The predicted octanol–water partition coefficient (Wildman–Crippen LogP) is -0.185. The van der Waals surface area contributed by atoms with Gasteiger partial charge >= 0.3 is 0 Å². The number of thioether (sulfide) groups is 1. The number of amides is 1. The van der Waals surface area contributed by atoms with Crippen LogP contribution in [0.3, 0.4) is 0 Å². The minimum atomic E-state index is -0.0509. The first-order chi connectivity index (χ1) is 9.24. The maximum atomic E-state index is 11.8. The van der Waals surface area contributed by atoms with Gasteiger partial charge in [0.1, 0.15) is 5.01 Å². The number of rotatable bonds is 4. The van der Waals surface area contributed by atoms with Crippen molar-refractivity contribution in [3.8, 4) is 0 Å². The molecule has 7 nitrogen and oxygen atoms in total. The monoisotopic (exact) mass is 298 g/mol. The summed E-state index contributed by atoms with van der Waals surface area (Å²) in [5.41, 5.74) is 0. The second kappa shape index (κ2) is 5.43. The summed E-state index contributed by atoms with van der Waals surface area (Å²) in [7, 11) is 0. The fourth-order valence-electron chi connectivity index (χ4n) is 1.83. The highest BCUT2D eigenvalue weighted by molar-refractivity contribution is 7.99. The second-order valence-corrected chi connectivity index (χ2v) is 6.32. The quantitative estimate of drug-likeness (QED) is 0.814.